The third kappa shape index (κ3) is 6.50. The van der Waals surface area contributed by atoms with Gasteiger partial charge in [-0.3, -0.25) is 9.36 Å². The molecule has 2 aromatic rings. The highest BCUT2D eigenvalue weighted by Gasteiger charge is 2.23. The van der Waals surface area contributed by atoms with Crippen LogP contribution in [0.2, 0.25) is 0 Å². The number of aromatic nitrogens is 1. The van der Waals surface area contributed by atoms with Gasteiger partial charge in [0.1, 0.15) is 0 Å². The normalized spacial score (nSPS) is 15.0. The van der Waals surface area contributed by atoms with Crippen LogP contribution in [0.1, 0.15) is 11.1 Å². The van der Waals surface area contributed by atoms with Crippen molar-refractivity contribution in [2.45, 2.75) is 18.8 Å². The largest absolute Gasteiger partial charge is 0.391 e. The average Bonchev–Trinajstić information content (AvgIpc) is 2.47. The van der Waals surface area contributed by atoms with Crippen molar-refractivity contribution in [3.63, 3.8) is 0 Å². The van der Waals surface area contributed by atoms with Gasteiger partial charge in [-0.25, -0.2) is 0 Å². The van der Waals surface area contributed by atoms with Crippen molar-refractivity contribution in [1.82, 2.24) is 10.3 Å². The minimum Gasteiger partial charge on any atom is -0.391 e. The van der Waals surface area contributed by atoms with Crippen LogP contribution in [0.3, 0.4) is 0 Å². The quantitative estimate of drug-likeness (QED) is 0.544. The zero-order valence-electron chi connectivity index (χ0n) is 12.7. The molecule has 124 valence electrons. The number of hydrogen-bond acceptors (Lipinski definition) is 4. The Hall–Kier alpha value is -1.72. The molecule has 2 atom stereocenters. The smallest absolute Gasteiger partial charge is 0.248 e. The van der Waals surface area contributed by atoms with Gasteiger partial charge >= 0.3 is 0 Å². The van der Waals surface area contributed by atoms with Crippen LogP contribution >= 0.6 is 7.37 Å². The first-order valence-corrected chi connectivity index (χ1v) is 9.39. The minimum atomic E-state index is -3.44. The van der Waals surface area contributed by atoms with Gasteiger partial charge in [0.05, 0.1) is 12.3 Å². The van der Waals surface area contributed by atoms with E-state index in [4.69, 9.17) is 0 Å². The number of hydrogen-bond donors (Lipinski definition) is 4. The van der Waals surface area contributed by atoms with Crippen LogP contribution in [-0.4, -0.2) is 33.8 Å². The second-order valence-corrected chi connectivity index (χ2v) is 7.89. The molecule has 1 aromatic carbocycles. The fourth-order valence-electron chi connectivity index (χ4n) is 2.31. The molecule has 1 heterocycles. The van der Waals surface area contributed by atoms with Gasteiger partial charge in [-0.2, -0.15) is 0 Å². The van der Waals surface area contributed by atoms with E-state index in [0.717, 1.165) is 11.1 Å². The fourth-order valence-corrected chi connectivity index (χ4v) is 4.01. The number of aromatic amines is 1. The highest BCUT2D eigenvalue weighted by Crippen LogP contribution is 2.44. The predicted octanol–water partition coefficient (Wildman–Crippen LogP) is 1.30. The van der Waals surface area contributed by atoms with E-state index in [0.29, 0.717) is 6.54 Å². The maximum absolute atomic E-state index is 12.2. The number of aliphatic hydroxyl groups is 1. The van der Waals surface area contributed by atoms with Crippen LogP contribution in [0.25, 0.3) is 0 Å². The van der Waals surface area contributed by atoms with Crippen LogP contribution in [0.15, 0.2) is 53.5 Å². The van der Waals surface area contributed by atoms with Gasteiger partial charge in [-0.1, -0.05) is 30.3 Å². The molecule has 23 heavy (non-hydrogen) atoms. The molecule has 0 aliphatic carbocycles. The Balaban J connectivity index is 1.78. The molecular formula is C16H21N2O4P. The molecule has 0 radical (unpaired) electrons. The Bertz CT molecular complexity index is 717. The first kappa shape index (κ1) is 17.6. The minimum absolute atomic E-state index is 0.0545. The number of nitrogens with one attached hydrogen (secondary N) is 2. The number of pyridine rings is 1. The van der Waals surface area contributed by atoms with E-state index in [9.17, 15) is 19.4 Å². The highest BCUT2D eigenvalue weighted by molar-refractivity contribution is 7.57. The summed E-state index contributed by atoms with van der Waals surface area (Å²) >= 11 is 0. The predicted molar refractivity (Wildman–Crippen MR) is 89.6 cm³/mol. The van der Waals surface area contributed by atoms with E-state index in [2.05, 4.69) is 10.3 Å². The molecule has 1 unspecified atom stereocenters. The third-order valence-electron chi connectivity index (χ3n) is 3.32. The summed E-state index contributed by atoms with van der Waals surface area (Å²) in [6.45, 7) is 0.599. The Morgan fingerprint density at radius 1 is 1.17 bits per heavy atom. The zero-order chi connectivity index (χ0) is 16.7. The van der Waals surface area contributed by atoms with E-state index in [1.54, 1.807) is 24.4 Å². The number of aliphatic hydroxyl groups excluding tert-OH is 1. The molecule has 1 aromatic heterocycles. The van der Waals surface area contributed by atoms with Gasteiger partial charge < -0.3 is 20.3 Å². The van der Waals surface area contributed by atoms with Gasteiger partial charge in [0.15, 0.2) is 0 Å². The summed E-state index contributed by atoms with van der Waals surface area (Å²) < 4.78 is 12.2. The van der Waals surface area contributed by atoms with Crippen LogP contribution in [-0.2, 0) is 17.3 Å². The monoisotopic (exact) mass is 336 g/mol. The molecule has 0 spiro atoms. The molecule has 0 saturated heterocycles. The zero-order valence-corrected chi connectivity index (χ0v) is 13.6. The van der Waals surface area contributed by atoms with E-state index in [1.165, 1.54) is 6.07 Å². The van der Waals surface area contributed by atoms with Crippen LogP contribution in [0, 0.1) is 0 Å². The van der Waals surface area contributed by atoms with E-state index in [-0.39, 0.29) is 24.4 Å². The van der Waals surface area contributed by atoms with Crippen molar-refractivity contribution in [3.8, 4) is 0 Å². The Kier molecular flexibility index (Phi) is 6.30. The second-order valence-electron chi connectivity index (χ2n) is 5.52. The lowest BCUT2D eigenvalue weighted by molar-refractivity contribution is 0.190. The van der Waals surface area contributed by atoms with Gasteiger partial charge in [0.25, 0.3) is 0 Å². The molecule has 0 aliphatic rings. The SMILES string of the molecule is O=c1cc(CNC[C@@H](O)CP(=O)(O)Cc2ccccc2)cc[nH]1. The first-order valence-electron chi connectivity index (χ1n) is 7.36. The molecule has 0 bridgehead atoms. The molecule has 6 nitrogen and oxygen atoms in total. The standard InChI is InChI=1S/C16H21N2O4P/c19-15(10-17-9-14-6-7-18-16(20)8-14)12-23(21,22)11-13-4-2-1-3-5-13/h1-8,15,17,19H,9-12H2,(H,18,20)(H,21,22)/t15-/m1/s1. The van der Waals surface area contributed by atoms with Crippen molar-refractivity contribution in [2.75, 3.05) is 12.7 Å². The second kappa shape index (κ2) is 8.22. The first-order chi connectivity index (χ1) is 10.9. The number of H-pyrrole nitrogens is 1. The number of benzene rings is 1. The molecule has 0 saturated carbocycles. The molecule has 4 N–H and O–H groups in total. The summed E-state index contributed by atoms with van der Waals surface area (Å²) in [6.07, 6.45) is 0.525. The summed E-state index contributed by atoms with van der Waals surface area (Å²) in [5.74, 6) is 0. The Morgan fingerprint density at radius 3 is 2.61 bits per heavy atom. The molecule has 0 aliphatic heterocycles. The lowest BCUT2D eigenvalue weighted by atomic mass is 10.2. The maximum Gasteiger partial charge on any atom is 0.248 e. The highest BCUT2D eigenvalue weighted by atomic mass is 31.2. The fraction of sp³-hybridized carbons (Fsp3) is 0.312. The number of rotatable bonds is 8. The lowest BCUT2D eigenvalue weighted by Gasteiger charge is -2.17. The van der Waals surface area contributed by atoms with E-state index < -0.39 is 13.5 Å². The van der Waals surface area contributed by atoms with Crippen molar-refractivity contribution in [3.05, 3.63) is 70.1 Å². The van der Waals surface area contributed by atoms with Gasteiger partial charge in [-0.05, 0) is 17.2 Å². The summed E-state index contributed by atoms with van der Waals surface area (Å²) in [4.78, 5) is 23.7. The van der Waals surface area contributed by atoms with Gasteiger partial charge in [0.2, 0.25) is 12.9 Å². The average molecular weight is 336 g/mol. The molecular weight excluding hydrogens is 315 g/mol. The third-order valence-corrected chi connectivity index (χ3v) is 5.17. The van der Waals surface area contributed by atoms with Crippen LogP contribution in [0.4, 0.5) is 0 Å². The van der Waals surface area contributed by atoms with Crippen molar-refractivity contribution in [1.29, 1.82) is 0 Å². The Labute approximate surface area is 134 Å². The van der Waals surface area contributed by atoms with E-state index >= 15 is 0 Å². The van der Waals surface area contributed by atoms with Crippen molar-refractivity contribution in [2.24, 2.45) is 0 Å². The van der Waals surface area contributed by atoms with Gasteiger partial charge in [-0.15, -0.1) is 0 Å². The summed E-state index contributed by atoms with van der Waals surface area (Å²) in [5, 5.41) is 12.9. The molecule has 2 rings (SSSR count). The summed E-state index contributed by atoms with van der Waals surface area (Å²) in [6, 6.07) is 12.3. The lowest BCUT2D eigenvalue weighted by Crippen LogP contribution is -2.29. The maximum atomic E-state index is 12.2. The van der Waals surface area contributed by atoms with Crippen LogP contribution in [0.5, 0.6) is 0 Å². The molecule has 7 heteroatoms. The van der Waals surface area contributed by atoms with Crippen LogP contribution < -0.4 is 10.9 Å². The summed E-state index contributed by atoms with van der Waals surface area (Å²) in [7, 11) is -3.44. The van der Waals surface area contributed by atoms with Gasteiger partial charge in [0, 0.05) is 31.5 Å². The van der Waals surface area contributed by atoms with Crippen molar-refractivity contribution >= 4 is 7.37 Å². The van der Waals surface area contributed by atoms with Crippen molar-refractivity contribution < 1.29 is 14.6 Å². The summed E-state index contributed by atoms with van der Waals surface area (Å²) in [5.41, 5.74) is 1.38. The molecule has 0 fully saturated rings. The van der Waals surface area contributed by atoms with E-state index in [1.807, 2.05) is 18.2 Å². The topological polar surface area (TPSA) is 102 Å². The Morgan fingerprint density at radius 2 is 1.91 bits per heavy atom. The molecule has 0 amide bonds.